The van der Waals surface area contributed by atoms with Gasteiger partial charge in [-0.2, -0.15) is 15.0 Å². The second-order valence-electron chi connectivity index (χ2n) is 3.68. The van der Waals surface area contributed by atoms with Crippen LogP contribution in [0.25, 0.3) is 0 Å². The number of amides is 1. The van der Waals surface area contributed by atoms with Gasteiger partial charge in [0.25, 0.3) is 0 Å². The van der Waals surface area contributed by atoms with Crippen molar-refractivity contribution in [3.05, 3.63) is 0 Å². The monoisotopic (exact) mass is 254 g/mol. The molecule has 0 aliphatic carbocycles. The van der Waals surface area contributed by atoms with Crippen LogP contribution in [0.2, 0.25) is 0 Å². The van der Waals surface area contributed by atoms with Crippen molar-refractivity contribution in [1.29, 1.82) is 0 Å². The molecule has 0 fully saturated rings. The van der Waals surface area contributed by atoms with Crippen molar-refractivity contribution < 1.29 is 9.53 Å². The van der Waals surface area contributed by atoms with Crippen LogP contribution >= 0.6 is 0 Å². The van der Waals surface area contributed by atoms with E-state index in [-0.39, 0.29) is 11.9 Å². The lowest BCUT2D eigenvalue weighted by Gasteiger charge is -2.11. The zero-order chi connectivity index (χ0) is 13.5. The molecule has 1 rings (SSSR count). The highest BCUT2D eigenvalue weighted by Crippen LogP contribution is 2.09. The average molecular weight is 254 g/mol. The quantitative estimate of drug-likeness (QED) is 0.727. The lowest BCUT2D eigenvalue weighted by atomic mass is 10.4. The first kappa shape index (κ1) is 13.9. The van der Waals surface area contributed by atoms with E-state index in [1.807, 2.05) is 0 Å². The van der Waals surface area contributed by atoms with Gasteiger partial charge in [0.1, 0.15) is 0 Å². The molecule has 1 aromatic rings. The third-order valence-corrected chi connectivity index (χ3v) is 2.14. The fourth-order valence-electron chi connectivity index (χ4n) is 1.14. The Hall–Kier alpha value is -2.12. The van der Waals surface area contributed by atoms with Gasteiger partial charge in [-0.3, -0.25) is 4.79 Å². The highest BCUT2D eigenvalue weighted by atomic mass is 16.5. The molecule has 0 saturated heterocycles. The topological polar surface area (TPSA) is 92.3 Å². The van der Waals surface area contributed by atoms with Crippen molar-refractivity contribution in [2.75, 3.05) is 45.4 Å². The van der Waals surface area contributed by atoms with Crippen molar-refractivity contribution in [2.45, 2.75) is 6.42 Å². The molecule has 0 radical (unpaired) electrons. The number of carbonyl (C=O) groups is 1. The number of hydrogen-bond acceptors (Lipinski definition) is 7. The van der Waals surface area contributed by atoms with Gasteiger partial charge in [0, 0.05) is 34.1 Å². The summed E-state index contributed by atoms with van der Waals surface area (Å²) in [6.45, 7) is 0.452. The predicted octanol–water partition coefficient (Wildman–Crippen LogP) is -0.188. The van der Waals surface area contributed by atoms with E-state index in [2.05, 4.69) is 25.6 Å². The number of aromatic nitrogens is 3. The summed E-state index contributed by atoms with van der Waals surface area (Å²) < 4.78 is 4.95. The molecule has 0 saturated carbocycles. The Morgan fingerprint density at radius 1 is 1.28 bits per heavy atom. The van der Waals surface area contributed by atoms with Gasteiger partial charge in [-0.25, -0.2) is 0 Å². The Balaban J connectivity index is 2.58. The maximum Gasteiger partial charge on any atom is 0.322 e. The van der Waals surface area contributed by atoms with Crippen LogP contribution in [0.5, 0.6) is 6.01 Å². The maximum absolute atomic E-state index is 11.4. The molecule has 0 aromatic carbocycles. The van der Waals surface area contributed by atoms with E-state index >= 15 is 0 Å². The van der Waals surface area contributed by atoms with E-state index in [0.29, 0.717) is 24.9 Å². The second kappa shape index (κ2) is 6.58. The minimum absolute atomic E-state index is 0.0392. The molecule has 0 unspecified atom stereocenters. The van der Waals surface area contributed by atoms with Gasteiger partial charge < -0.3 is 20.3 Å². The van der Waals surface area contributed by atoms with Gasteiger partial charge >= 0.3 is 6.01 Å². The molecule has 2 N–H and O–H groups in total. The Morgan fingerprint density at radius 3 is 2.50 bits per heavy atom. The van der Waals surface area contributed by atoms with E-state index < -0.39 is 0 Å². The largest absolute Gasteiger partial charge is 0.467 e. The molecular formula is C10H18N6O2. The highest BCUT2D eigenvalue weighted by Gasteiger charge is 2.07. The molecule has 1 aromatic heterocycles. The van der Waals surface area contributed by atoms with Crippen molar-refractivity contribution in [3.8, 4) is 6.01 Å². The molecular weight excluding hydrogens is 236 g/mol. The SMILES string of the molecule is CNc1nc(NCCC(=O)N(C)C)nc(OC)n1. The number of rotatable bonds is 6. The first-order chi connectivity index (χ1) is 8.56. The van der Waals surface area contributed by atoms with Crippen molar-refractivity contribution in [2.24, 2.45) is 0 Å². The zero-order valence-electron chi connectivity index (χ0n) is 11.0. The van der Waals surface area contributed by atoms with Crippen LogP contribution in [0.3, 0.4) is 0 Å². The molecule has 8 nitrogen and oxygen atoms in total. The molecule has 0 spiro atoms. The minimum atomic E-state index is 0.0392. The van der Waals surface area contributed by atoms with Gasteiger partial charge in [-0.1, -0.05) is 0 Å². The van der Waals surface area contributed by atoms with Crippen molar-refractivity contribution in [3.63, 3.8) is 0 Å². The number of nitrogens with zero attached hydrogens (tertiary/aromatic N) is 4. The molecule has 0 aliphatic heterocycles. The minimum Gasteiger partial charge on any atom is -0.467 e. The van der Waals surface area contributed by atoms with Crippen LogP contribution < -0.4 is 15.4 Å². The van der Waals surface area contributed by atoms with Crippen LogP contribution in [0.1, 0.15) is 6.42 Å². The fourth-order valence-corrected chi connectivity index (χ4v) is 1.14. The first-order valence-corrected chi connectivity index (χ1v) is 5.48. The number of carbonyl (C=O) groups excluding carboxylic acids is 1. The van der Waals surface area contributed by atoms with E-state index in [4.69, 9.17) is 4.74 Å². The van der Waals surface area contributed by atoms with E-state index in [1.54, 1.807) is 21.1 Å². The highest BCUT2D eigenvalue weighted by molar-refractivity contribution is 5.75. The van der Waals surface area contributed by atoms with Gasteiger partial charge in [-0.05, 0) is 0 Å². The molecule has 100 valence electrons. The number of hydrogen-bond donors (Lipinski definition) is 2. The molecule has 18 heavy (non-hydrogen) atoms. The Bertz CT molecular complexity index is 387. The molecule has 8 heteroatoms. The number of anilines is 2. The standard InChI is InChI=1S/C10H18N6O2/c1-11-8-13-9(15-10(14-8)18-4)12-6-5-7(17)16(2)3/h5-6H2,1-4H3,(H2,11,12,13,14,15). The van der Waals surface area contributed by atoms with Gasteiger partial charge in [0.05, 0.1) is 7.11 Å². The average Bonchev–Trinajstić information content (AvgIpc) is 2.37. The summed E-state index contributed by atoms with van der Waals surface area (Å²) in [6.07, 6.45) is 0.371. The first-order valence-electron chi connectivity index (χ1n) is 5.48. The lowest BCUT2D eigenvalue weighted by Crippen LogP contribution is -2.24. The van der Waals surface area contributed by atoms with Crippen molar-refractivity contribution >= 4 is 17.8 Å². The molecule has 1 amide bonds. The summed E-state index contributed by atoms with van der Waals surface area (Å²) in [5, 5.41) is 5.75. The Labute approximate surface area is 106 Å². The summed E-state index contributed by atoms with van der Waals surface area (Å²) >= 11 is 0. The van der Waals surface area contributed by atoms with E-state index in [1.165, 1.54) is 12.0 Å². The maximum atomic E-state index is 11.4. The summed E-state index contributed by atoms with van der Waals surface area (Å²) in [4.78, 5) is 25.0. The Morgan fingerprint density at radius 2 is 1.94 bits per heavy atom. The van der Waals surface area contributed by atoms with Gasteiger partial charge in [0.15, 0.2) is 0 Å². The molecule has 0 aliphatic rings. The molecule has 1 heterocycles. The fraction of sp³-hybridized carbons (Fsp3) is 0.600. The summed E-state index contributed by atoms with van der Waals surface area (Å²) in [6, 6.07) is 0.218. The summed E-state index contributed by atoms with van der Waals surface area (Å²) in [5.74, 6) is 0.818. The van der Waals surface area contributed by atoms with Gasteiger partial charge in [0.2, 0.25) is 17.8 Å². The molecule has 0 bridgehead atoms. The lowest BCUT2D eigenvalue weighted by molar-refractivity contribution is -0.128. The number of methoxy groups -OCH3 is 1. The van der Waals surface area contributed by atoms with Crippen LogP contribution in [0.4, 0.5) is 11.9 Å². The predicted molar refractivity (Wildman–Crippen MR) is 67.7 cm³/mol. The smallest absolute Gasteiger partial charge is 0.322 e. The van der Waals surface area contributed by atoms with Gasteiger partial charge in [-0.15, -0.1) is 0 Å². The van der Waals surface area contributed by atoms with Crippen LogP contribution in [-0.4, -0.2) is 60.6 Å². The van der Waals surface area contributed by atoms with Crippen LogP contribution in [0, 0.1) is 0 Å². The molecule has 0 atom stereocenters. The second-order valence-corrected chi connectivity index (χ2v) is 3.68. The number of nitrogens with one attached hydrogen (secondary N) is 2. The number of ether oxygens (including phenoxy) is 1. The van der Waals surface area contributed by atoms with Crippen molar-refractivity contribution in [1.82, 2.24) is 19.9 Å². The Kier molecular flexibility index (Phi) is 5.09. The summed E-state index contributed by atoms with van der Waals surface area (Å²) in [5.41, 5.74) is 0. The van der Waals surface area contributed by atoms with E-state index in [0.717, 1.165) is 0 Å². The van der Waals surface area contributed by atoms with E-state index in [9.17, 15) is 4.79 Å². The van der Waals surface area contributed by atoms with Crippen LogP contribution in [-0.2, 0) is 4.79 Å². The van der Waals surface area contributed by atoms with Crippen LogP contribution in [0.15, 0.2) is 0 Å². The third-order valence-electron chi connectivity index (χ3n) is 2.14. The summed E-state index contributed by atoms with van der Waals surface area (Å²) in [7, 11) is 6.61. The normalized spacial score (nSPS) is 9.78. The zero-order valence-corrected chi connectivity index (χ0v) is 11.0. The third kappa shape index (κ3) is 4.04.